The molecule has 0 amide bonds. The Morgan fingerprint density at radius 1 is 1.15 bits per heavy atom. The quantitative estimate of drug-likeness (QED) is 0.908. The van der Waals surface area contributed by atoms with E-state index in [0.29, 0.717) is 6.04 Å². The maximum atomic E-state index is 3.77. The third kappa shape index (κ3) is 3.07. The molecule has 2 aliphatic rings. The molecule has 0 aromatic heterocycles. The molecule has 1 aromatic carbocycles. The van der Waals surface area contributed by atoms with Gasteiger partial charge in [-0.1, -0.05) is 29.3 Å². The Kier molecular flexibility index (Phi) is 3.64. The second-order valence-electron chi connectivity index (χ2n) is 7.51. The van der Waals surface area contributed by atoms with E-state index in [2.05, 4.69) is 56.1 Å². The highest BCUT2D eigenvalue weighted by atomic mass is 15.3. The van der Waals surface area contributed by atoms with Gasteiger partial charge in [0.1, 0.15) is 0 Å². The van der Waals surface area contributed by atoms with Gasteiger partial charge in [-0.3, -0.25) is 4.90 Å². The van der Waals surface area contributed by atoms with Crippen molar-refractivity contribution in [1.29, 1.82) is 0 Å². The van der Waals surface area contributed by atoms with Crippen molar-refractivity contribution in [2.75, 3.05) is 13.1 Å². The third-order valence-electron chi connectivity index (χ3n) is 4.92. The number of hydrogen-bond donors (Lipinski definition) is 1. The highest BCUT2D eigenvalue weighted by Crippen LogP contribution is 2.36. The van der Waals surface area contributed by atoms with E-state index in [0.717, 1.165) is 19.0 Å². The summed E-state index contributed by atoms with van der Waals surface area (Å²) in [5.74, 6) is 0.938. The number of piperazine rings is 1. The van der Waals surface area contributed by atoms with Crippen molar-refractivity contribution >= 4 is 0 Å². The summed E-state index contributed by atoms with van der Waals surface area (Å²) in [6, 6.07) is 7.67. The number of aryl methyl sites for hydroxylation is 2. The van der Waals surface area contributed by atoms with Crippen molar-refractivity contribution in [3.8, 4) is 0 Å². The predicted molar refractivity (Wildman–Crippen MR) is 84.9 cm³/mol. The summed E-state index contributed by atoms with van der Waals surface area (Å²) >= 11 is 0. The van der Waals surface area contributed by atoms with Crippen LogP contribution in [0.25, 0.3) is 0 Å². The van der Waals surface area contributed by atoms with E-state index >= 15 is 0 Å². The Morgan fingerprint density at radius 2 is 1.80 bits per heavy atom. The monoisotopic (exact) mass is 272 g/mol. The molecule has 110 valence electrons. The molecule has 0 spiro atoms. The van der Waals surface area contributed by atoms with Gasteiger partial charge in [-0.25, -0.2) is 0 Å². The fourth-order valence-corrected chi connectivity index (χ4v) is 3.52. The summed E-state index contributed by atoms with van der Waals surface area (Å²) in [6.07, 6.45) is 2.85. The van der Waals surface area contributed by atoms with Gasteiger partial charge in [0.05, 0.1) is 0 Å². The van der Waals surface area contributed by atoms with Crippen LogP contribution in [-0.2, 0) is 6.54 Å². The minimum Gasteiger partial charge on any atom is -0.311 e. The van der Waals surface area contributed by atoms with E-state index in [1.54, 1.807) is 0 Å². The van der Waals surface area contributed by atoms with Crippen LogP contribution in [-0.4, -0.2) is 29.6 Å². The fraction of sp³-hybridized carbons (Fsp3) is 0.667. The van der Waals surface area contributed by atoms with Crippen LogP contribution in [0.15, 0.2) is 18.2 Å². The average Bonchev–Trinajstić information content (AvgIpc) is 3.14. The molecule has 2 nitrogen and oxygen atoms in total. The topological polar surface area (TPSA) is 15.3 Å². The van der Waals surface area contributed by atoms with Gasteiger partial charge in [0.25, 0.3) is 0 Å². The van der Waals surface area contributed by atoms with E-state index in [4.69, 9.17) is 0 Å². The van der Waals surface area contributed by atoms with E-state index in [-0.39, 0.29) is 5.54 Å². The van der Waals surface area contributed by atoms with Crippen LogP contribution in [0.3, 0.4) is 0 Å². The fourth-order valence-electron chi connectivity index (χ4n) is 3.52. The molecular formula is C18H28N2. The van der Waals surface area contributed by atoms with Crippen LogP contribution in [0.4, 0.5) is 0 Å². The molecule has 0 bridgehead atoms. The Morgan fingerprint density at radius 3 is 2.40 bits per heavy atom. The Balaban J connectivity index is 1.75. The van der Waals surface area contributed by atoms with E-state index in [1.165, 1.54) is 36.1 Å². The summed E-state index contributed by atoms with van der Waals surface area (Å²) in [7, 11) is 0. The molecule has 1 N–H and O–H groups in total. The lowest BCUT2D eigenvalue weighted by Gasteiger charge is -2.46. The SMILES string of the molecule is Cc1cc(C)cc(CN2CC(C3CC3)NCC2(C)C)c1. The van der Waals surface area contributed by atoms with Crippen molar-refractivity contribution in [1.82, 2.24) is 10.2 Å². The van der Waals surface area contributed by atoms with Crippen molar-refractivity contribution in [3.63, 3.8) is 0 Å². The zero-order chi connectivity index (χ0) is 14.3. The zero-order valence-electron chi connectivity index (χ0n) is 13.4. The van der Waals surface area contributed by atoms with Crippen LogP contribution in [0.5, 0.6) is 0 Å². The van der Waals surface area contributed by atoms with Gasteiger partial charge in [0.15, 0.2) is 0 Å². The Bertz CT molecular complexity index is 468. The van der Waals surface area contributed by atoms with E-state index < -0.39 is 0 Å². The van der Waals surface area contributed by atoms with Crippen LogP contribution in [0, 0.1) is 19.8 Å². The molecule has 2 heteroatoms. The van der Waals surface area contributed by atoms with Crippen molar-refractivity contribution in [2.24, 2.45) is 5.92 Å². The predicted octanol–water partition coefficient (Wildman–Crippen LogP) is 3.27. The minimum atomic E-state index is 0.253. The standard InChI is InChI=1S/C18H28N2/c1-13-7-14(2)9-15(8-13)10-20-11-17(16-5-6-16)19-12-18(20,3)4/h7-9,16-17,19H,5-6,10-12H2,1-4H3. The number of hydrogen-bond acceptors (Lipinski definition) is 2. The third-order valence-corrected chi connectivity index (χ3v) is 4.92. The molecule has 1 saturated heterocycles. The first kappa shape index (κ1) is 14.1. The van der Waals surface area contributed by atoms with Crippen LogP contribution in [0.2, 0.25) is 0 Å². The lowest BCUT2D eigenvalue weighted by Crippen LogP contribution is -2.62. The number of nitrogens with zero attached hydrogens (tertiary/aromatic N) is 1. The largest absolute Gasteiger partial charge is 0.311 e. The zero-order valence-corrected chi connectivity index (χ0v) is 13.4. The molecule has 1 atom stereocenters. The molecule has 1 aliphatic carbocycles. The molecule has 2 fully saturated rings. The lowest BCUT2D eigenvalue weighted by molar-refractivity contribution is 0.0533. The first-order chi connectivity index (χ1) is 9.44. The second kappa shape index (κ2) is 5.16. The first-order valence-electron chi connectivity index (χ1n) is 8.00. The van der Waals surface area contributed by atoms with Gasteiger partial charge < -0.3 is 5.32 Å². The van der Waals surface area contributed by atoms with Gasteiger partial charge >= 0.3 is 0 Å². The van der Waals surface area contributed by atoms with E-state index in [9.17, 15) is 0 Å². The molecule has 1 saturated carbocycles. The van der Waals surface area contributed by atoms with Crippen molar-refractivity contribution in [2.45, 2.75) is 58.7 Å². The highest BCUT2D eigenvalue weighted by molar-refractivity contribution is 5.28. The van der Waals surface area contributed by atoms with Gasteiger partial charge in [-0.2, -0.15) is 0 Å². The van der Waals surface area contributed by atoms with Crippen LogP contribution < -0.4 is 5.32 Å². The molecule has 3 rings (SSSR count). The summed E-state index contributed by atoms with van der Waals surface area (Å²) in [6.45, 7) is 12.5. The van der Waals surface area contributed by atoms with Crippen molar-refractivity contribution in [3.05, 3.63) is 34.9 Å². The molecule has 1 aliphatic heterocycles. The molecular weight excluding hydrogens is 244 g/mol. The van der Waals surface area contributed by atoms with Crippen LogP contribution >= 0.6 is 0 Å². The number of benzene rings is 1. The summed E-state index contributed by atoms with van der Waals surface area (Å²) in [5, 5.41) is 3.77. The van der Waals surface area contributed by atoms with E-state index in [1.807, 2.05) is 0 Å². The smallest absolute Gasteiger partial charge is 0.0281 e. The summed E-state index contributed by atoms with van der Waals surface area (Å²) < 4.78 is 0. The Labute approximate surface area is 123 Å². The summed E-state index contributed by atoms with van der Waals surface area (Å²) in [5.41, 5.74) is 4.48. The maximum Gasteiger partial charge on any atom is 0.0281 e. The van der Waals surface area contributed by atoms with Gasteiger partial charge in [0, 0.05) is 31.2 Å². The lowest BCUT2D eigenvalue weighted by atomic mass is 9.94. The minimum absolute atomic E-state index is 0.253. The Hall–Kier alpha value is -0.860. The van der Waals surface area contributed by atoms with Crippen LogP contribution in [0.1, 0.15) is 43.4 Å². The summed E-state index contributed by atoms with van der Waals surface area (Å²) in [4.78, 5) is 2.68. The molecule has 20 heavy (non-hydrogen) atoms. The van der Waals surface area contributed by atoms with Gasteiger partial charge in [-0.15, -0.1) is 0 Å². The molecule has 1 aromatic rings. The average molecular weight is 272 g/mol. The van der Waals surface area contributed by atoms with Gasteiger partial charge in [0.2, 0.25) is 0 Å². The molecule has 0 radical (unpaired) electrons. The normalized spacial score (nSPS) is 26.7. The second-order valence-corrected chi connectivity index (χ2v) is 7.51. The molecule has 1 heterocycles. The molecule has 1 unspecified atom stereocenters. The first-order valence-corrected chi connectivity index (χ1v) is 8.00. The number of nitrogens with one attached hydrogen (secondary N) is 1. The van der Waals surface area contributed by atoms with Crippen molar-refractivity contribution < 1.29 is 0 Å². The van der Waals surface area contributed by atoms with Gasteiger partial charge in [-0.05, 0) is 52.0 Å². The number of rotatable bonds is 3. The maximum absolute atomic E-state index is 3.77. The highest BCUT2D eigenvalue weighted by Gasteiger charge is 2.40.